The number of fused-ring (bicyclic) bond motifs is 1. The van der Waals surface area contributed by atoms with Crippen LogP contribution in [0.2, 0.25) is 0 Å². The lowest BCUT2D eigenvalue weighted by Gasteiger charge is -2.22. The maximum absolute atomic E-state index is 13.1. The third-order valence-corrected chi connectivity index (χ3v) is 7.84. The van der Waals surface area contributed by atoms with Crippen molar-refractivity contribution < 1.29 is 27.9 Å². The smallest absolute Gasteiger partial charge is 0.300 e. The van der Waals surface area contributed by atoms with Crippen LogP contribution in [0.3, 0.4) is 0 Å². The van der Waals surface area contributed by atoms with Crippen LogP contribution in [0.25, 0.3) is 10.9 Å². The normalized spacial score (nSPS) is 13.6. The van der Waals surface area contributed by atoms with Gasteiger partial charge >= 0.3 is 0 Å². The maximum atomic E-state index is 13.1. The lowest BCUT2D eigenvalue weighted by atomic mass is 10.2. The summed E-state index contributed by atoms with van der Waals surface area (Å²) in [5.74, 6) is -1.19. The number of carbonyl (C=O) groups excluding carboxylic acids is 2. The number of sulfonamides is 1. The monoisotopic (exact) mass is 582 g/mol. The molecule has 2 amide bonds. The predicted octanol–water partition coefficient (Wildman–Crippen LogP) is 2.97. The van der Waals surface area contributed by atoms with Gasteiger partial charge in [-0.2, -0.15) is 0 Å². The van der Waals surface area contributed by atoms with Gasteiger partial charge in [0, 0.05) is 61.3 Å². The fourth-order valence-corrected chi connectivity index (χ4v) is 5.78. The minimum Gasteiger partial charge on any atom is -0.481 e. The maximum Gasteiger partial charge on any atom is 0.300 e. The number of para-hydroxylation sites is 1. The van der Waals surface area contributed by atoms with Gasteiger partial charge in [-0.3, -0.25) is 24.1 Å². The Morgan fingerprint density at radius 1 is 0.925 bits per heavy atom. The topological polar surface area (TPSA) is 163 Å². The summed E-state index contributed by atoms with van der Waals surface area (Å²) in [4.78, 5) is 42.3. The number of pyridine rings is 1. The van der Waals surface area contributed by atoms with Crippen molar-refractivity contribution in [1.29, 1.82) is 0 Å². The molecule has 1 saturated heterocycles. The lowest BCUT2D eigenvalue weighted by Crippen LogP contribution is -2.37. The van der Waals surface area contributed by atoms with Crippen molar-refractivity contribution in [3.63, 3.8) is 0 Å². The van der Waals surface area contributed by atoms with Gasteiger partial charge in [0.15, 0.2) is 5.69 Å². The number of carbonyl (C=O) groups is 3. The predicted molar refractivity (Wildman–Crippen MR) is 149 cm³/mol. The van der Waals surface area contributed by atoms with Gasteiger partial charge in [0.2, 0.25) is 0 Å². The van der Waals surface area contributed by atoms with E-state index in [2.05, 4.69) is 19.3 Å². The molecular weight excluding hydrogens is 556 g/mol. The number of hydrogen-bond donors (Lipinski definition) is 2. The van der Waals surface area contributed by atoms with Crippen LogP contribution in [0.5, 0.6) is 0 Å². The third-order valence-electron chi connectivity index (χ3n) is 5.92. The van der Waals surface area contributed by atoms with Crippen LogP contribution < -0.4 is 4.72 Å². The van der Waals surface area contributed by atoms with E-state index in [0.717, 1.165) is 23.8 Å². The Morgan fingerprint density at radius 3 is 2.23 bits per heavy atom. The molecule has 0 atom stereocenters. The molecule has 2 N–H and O–H groups in total. The standard InChI is InChI=1S/C24H22N6O4S2.C2H4O2/c31-23(29-12-3-13-30(15-14-29)24(32)20-16-35-28-26-20)18-7-9-19(10-8-18)27-36(33,34)21-6-1-4-17-5-2-11-25-22(17)21;1-2(3)4/h1-2,4-11,16,27H,3,12-15H2;1H3,(H,3,4). The van der Waals surface area contributed by atoms with E-state index in [4.69, 9.17) is 9.90 Å². The zero-order valence-corrected chi connectivity index (χ0v) is 23.1. The minimum atomic E-state index is -3.89. The van der Waals surface area contributed by atoms with E-state index in [0.29, 0.717) is 55.1 Å². The molecule has 1 aliphatic heterocycles. The van der Waals surface area contributed by atoms with Gasteiger partial charge in [-0.1, -0.05) is 22.7 Å². The van der Waals surface area contributed by atoms with Crippen molar-refractivity contribution >= 4 is 55.9 Å². The fourth-order valence-electron chi connectivity index (χ4n) is 4.11. The number of nitrogens with one attached hydrogen (secondary N) is 1. The quantitative estimate of drug-likeness (QED) is 0.360. The van der Waals surface area contributed by atoms with Crippen molar-refractivity contribution in [2.24, 2.45) is 0 Å². The lowest BCUT2D eigenvalue weighted by molar-refractivity contribution is -0.134. The van der Waals surface area contributed by atoms with E-state index in [1.54, 1.807) is 69.9 Å². The number of nitrogens with zero attached hydrogens (tertiary/aromatic N) is 5. The summed E-state index contributed by atoms with van der Waals surface area (Å²) in [6.07, 6.45) is 2.20. The number of carboxylic acid groups (broad SMARTS) is 1. The molecule has 2 aromatic carbocycles. The molecule has 1 fully saturated rings. The summed E-state index contributed by atoms with van der Waals surface area (Å²) in [5.41, 5.74) is 1.48. The molecule has 40 heavy (non-hydrogen) atoms. The molecule has 5 rings (SSSR count). The first-order chi connectivity index (χ1) is 19.2. The third kappa shape index (κ3) is 6.95. The van der Waals surface area contributed by atoms with Crippen LogP contribution in [0.4, 0.5) is 5.69 Å². The van der Waals surface area contributed by atoms with E-state index >= 15 is 0 Å². The minimum absolute atomic E-state index is 0.0813. The highest BCUT2D eigenvalue weighted by Gasteiger charge is 2.25. The highest BCUT2D eigenvalue weighted by molar-refractivity contribution is 7.93. The highest BCUT2D eigenvalue weighted by atomic mass is 32.2. The molecule has 1 aliphatic rings. The van der Waals surface area contributed by atoms with Gasteiger partial charge in [-0.15, -0.1) is 5.10 Å². The Labute approximate surface area is 234 Å². The van der Waals surface area contributed by atoms with Gasteiger partial charge in [0.05, 0.1) is 5.52 Å². The van der Waals surface area contributed by atoms with Crippen molar-refractivity contribution in [3.8, 4) is 0 Å². The number of carboxylic acids is 1. The first kappa shape index (κ1) is 28.6. The molecule has 14 heteroatoms. The van der Waals surface area contributed by atoms with Crippen LogP contribution in [0, 0.1) is 0 Å². The number of hydrogen-bond acceptors (Lipinski definition) is 9. The van der Waals surface area contributed by atoms with E-state index < -0.39 is 16.0 Å². The number of amides is 2. The van der Waals surface area contributed by atoms with Gasteiger partial charge in [0.1, 0.15) is 4.90 Å². The van der Waals surface area contributed by atoms with Gasteiger partial charge < -0.3 is 14.9 Å². The molecule has 208 valence electrons. The second kappa shape index (κ2) is 12.6. The first-order valence-corrected chi connectivity index (χ1v) is 14.5. The van der Waals surface area contributed by atoms with Crippen molar-refractivity contribution in [2.75, 3.05) is 30.9 Å². The average molecular weight is 583 g/mol. The van der Waals surface area contributed by atoms with E-state index in [1.165, 1.54) is 6.07 Å². The Hall–Kier alpha value is -4.43. The molecule has 3 heterocycles. The molecule has 0 spiro atoms. The zero-order chi connectivity index (χ0) is 28.7. The van der Waals surface area contributed by atoms with Crippen LogP contribution >= 0.6 is 11.5 Å². The molecule has 0 radical (unpaired) electrons. The molecule has 0 bridgehead atoms. The fraction of sp³-hybridized carbons (Fsp3) is 0.231. The molecular formula is C26H26N6O6S2. The van der Waals surface area contributed by atoms with Crippen LogP contribution in [-0.2, 0) is 14.8 Å². The van der Waals surface area contributed by atoms with E-state index in [9.17, 15) is 18.0 Å². The molecule has 0 saturated carbocycles. The Balaban J connectivity index is 0.000000867. The van der Waals surface area contributed by atoms with Gasteiger partial charge in [0.25, 0.3) is 27.8 Å². The van der Waals surface area contributed by atoms with Crippen molar-refractivity contribution in [2.45, 2.75) is 18.2 Å². The Bertz CT molecular complexity index is 1600. The van der Waals surface area contributed by atoms with Crippen LogP contribution in [-0.4, -0.2) is 81.9 Å². The molecule has 12 nitrogen and oxygen atoms in total. The van der Waals surface area contributed by atoms with E-state index in [1.807, 2.05) is 0 Å². The largest absolute Gasteiger partial charge is 0.481 e. The van der Waals surface area contributed by atoms with Crippen LogP contribution in [0.15, 0.2) is 71.1 Å². The summed E-state index contributed by atoms with van der Waals surface area (Å²) in [5, 5.41) is 13.6. The summed E-state index contributed by atoms with van der Waals surface area (Å²) < 4.78 is 32.4. The second-order valence-corrected chi connectivity index (χ2v) is 11.0. The summed E-state index contributed by atoms with van der Waals surface area (Å²) in [6.45, 7) is 2.92. The number of benzene rings is 2. The van der Waals surface area contributed by atoms with E-state index in [-0.39, 0.29) is 16.7 Å². The molecule has 2 aromatic heterocycles. The number of rotatable bonds is 5. The average Bonchev–Trinajstić information content (AvgIpc) is 3.36. The Morgan fingerprint density at radius 2 is 1.57 bits per heavy atom. The summed E-state index contributed by atoms with van der Waals surface area (Å²) >= 11 is 1.12. The van der Waals surface area contributed by atoms with Gasteiger partial charge in [-0.25, -0.2) is 8.42 Å². The van der Waals surface area contributed by atoms with Crippen molar-refractivity contribution in [1.82, 2.24) is 24.4 Å². The second-order valence-electron chi connectivity index (χ2n) is 8.76. The van der Waals surface area contributed by atoms with Crippen LogP contribution in [0.1, 0.15) is 34.2 Å². The highest BCUT2D eigenvalue weighted by Crippen LogP contribution is 2.24. The zero-order valence-electron chi connectivity index (χ0n) is 21.4. The number of aliphatic carboxylic acids is 1. The van der Waals surface area contributed by atoms with Crippen molar-refractivity contribution in [3.05, 3.63) is 77.4 Å². The molecule has 0 aliphatic carbocycles. The van der Waals surface area contributed by atoms with Gasteiger partial charge in [-0.05, 0) is 54.4 Å². The summed E-state index contributed by atoms with van der Waals surface area (Å²) in [7, 11) is -3.89. The first-order valence-electron chi connectivity index (χ1n) is 12.2. The summed E-state index contributed by atoms with van der Waals surface area (Å²) in [6, 6.07) is 14.8. The molecule has 4 aromatic rings. The number of aromatic nitrogens is 3. The Kier molecular flexibility index (Phi) is 9.01. The SMILES string of the molecule is CC(=O)O.O=C(c1ccc(NS(=O)(=O)c2cccc3cccnc23)cc1)N1CCCN(C(=O)c2csnn2)CC1. The number of anilines is 1. The molecule has 0 unspecified atom stereocenters.